The minimum absolute atomic E-state index is 0.0520. The highest BCUT2D eigenvalue weighted by Gasteiger charge is 2.39. The third-order valence-corrected chi connectivity index (χ3v) is 6.98. The predicted molar refractivity (Wildman–Crippen MR) is 160 cm³/mol. The average molecular weight is 630 g/mol. The van der Waals surface area contributed by atoms with E-state index in [1.807, 2.05) is 0 Å². The average Bonchev–Trinajstić information content (AvgIpc) is 3.07. The molecule has 0 aromatic heterocycles. The van der Waals surface area contributed by atoms with Gasteiger partial charge in [0.1, 0.15) is 12.4 Å². The molecule has 43 heavy (non-hydrogen) atoms. The number of aliphatic hydroxyl groups is 1. The van der Waals surface area contributed by atoms with E-state index in [0.29, 0.717) is 0 Å². The molecule has 0 aliphatic rings. The first kappa shape index (κ1) is 21.2. The van der Waals surface area contributed by atoms with E-state index in [-0.39, 0.29) is 17.3 Å². The van der Waals surface area contributed by atoms with Gasteiger partial charge in [0.25, 0.3) is 0 Å². The summed E-state index contributed by atoms with van der Waals surface area (Å²) in [6, 6.07) is 4.12. The van der Waals surface area contributed by atoms with Crippen molar-refractivity contribution >= 4 is 16.1 Å². The Morgan fingerprint density at radius 2 is 1.72 bits per heavy atom. The topological polar surface area (TPSA) is 107 Å². The summed E-state index contributed by atoms with van der Waals surface area (Å²) >= 11 is 0. The monoisotopic (exact) mass is 629 g/mol. The molecule has 0 saturated heterocycles. The third kappa shape index (κ3) is 9.22. The maximum Gasteiger partial charge on any atom is 0.408 e. The predicted octanol–water partition coefficient (Wildman–Crippen LogP) is 5.94. The molecule has 11 heteroatoms. The Morgan fingerprint density at radius 1 is 1.07 bits per heavy atom. The van der Waals surface area contributed by atoms with E-state index < -0.39 is 104 Å². The summed E-state index contributed by atoms with van der Waals surface area (Å²) in [6.45, 7) is -1.10. The molecule has 0 heterocycles. The fourth-order valence-corrected chi connectivity index (χ4v) is 4.83. The number of carboxylic acid groups (broad SMARTS) is 1. The third-order valence-electron chi connectivity index (χ3n) is 5.53. The van der Waals surface area contributed by atoms with Crippen LogP contribution in [0.15, 0.2) is 77.6 Å². The lowest BCUT2D eigenvalue weighted by Crippen LogP contribution is -2.58. The summed E-state index contributed by atoms with van der Waals surface area (Å²) in [5, 5.41) is 15.0. The lowest BCUT2D eigenvalue weighted by atomic mass is 9.94. The van der Waals surface area contributed by atoms with Crippen molar-refractivity contribution in [2.45, 2.75) is 70.1 Å². The highest BCUT2D eigenvalue weighted by atomic mass is 32.2. The van der Waals surface area contributed by atoms with Crippen LogP contribution >= 0.6 is 0 Å². The van der Waals surface area contributed by atoms with Gasteiger partial charge in [-0.3, -0.25) is 4.90 Å². The number of hydrogen-bond donors (Lipinski definition) is 2. The minimum atomic E-state index is -6.11. The van der Waals surface area contributed by atoms with Gasteiger partial charge in [0.05, 0.1) is 23.8 Å². The maximum absolute atomic E-state index is 14.8. The number of amides is 1. The normalized spacial score (nSPS) is 20.2. The molecule has 3 rings (SSSR count). The highest BCUT2D eigenvalue weighted by molar-refractivity contribution is 7.89. The molecular formula is C32H40F2N2O6S. The Hall–Kier alpha value is -3.54. The van der Waals surface area contributed by atoms with Gasteiger partial charge in [0.2, 0.25) is 11.5 Å². The lowest BCUT2D eigenvalue weighted by molar-refractivity contribution is 0.000532. The fraction of sp³-hybridized carbons (Fsp3) is 0.406. The van der Waals surface area contributed by atoms with Crippen LogP contribution in [0.4, 0.5) is 13.6 Å². The van der Waals surface area contributed by atoms with E-state index in [0.717, 1.165) is 38.5 Å². The van der Waals surface area contributed by atoms with Crippen LogP contribution in [0.1, 0.15) is 59.5 Å². The van der Waals surface area contributed by atoms with Gasteiger partial charge in [0, 0.05) is 25.4 Å². The first-order valence-corrected chi connectivity index (χ1v) is 14.4. The van der Waals surface area contributed by atoms with Gasteiger partial charge in [-0.1, -0.05) is 56.3 Å². The van der Waals surface area contributed by atoms with Gasteiger partial charge in [-0.15, -0.1) is 0 Å². The van der Waals surface area contributed by atoms with Crippen molar-refractivity contribution in [3.63, 3.8) is 0 Å². The van der Waals surface area contributed by atoms with Crippen LogP contribution in [-0.2, 0) is 23.0 Å². The summed E-state index contributed by atoms with van der Waals surface area (Å²) < 4.78 is 159. The number of rotatable bonds is 14. The van der Waals surface area contributed by atoms with Gasteiger partial charge in [-0.25, -0.2) is 22.0 Å². The molecule has 0 aliphatic carbocycles. The largest absolute Gasteiger partial charge is 0.489 e. The Labute approximate surface area is 268 Å². The van der Waals surface area contributed by atoms with Crippen molar-refractivity contribution in [1.82, 2.24) is 9.21 Å². The number of halogens is 2. The van der Waals surface area contributed by atoms with Crippen molar-refractivity contribution < 1.29 is 50.7 Å². The Bertz CT molecular complexity index is 1930. The van der Waals surface area contributed by atoms with Crippen molar-refractivity contribution in [2.75, 3.05) is 13.0 Å². The molecular weight excluding hydrogens is 578 g/mol. The molecule has 0 radical (unpaired) electrons. The van der Waals surface area contributed by atoms with Crippen molar-refractivity contribution in [1.29, 1.82) is 1.43 Å². The van der Waals surface area contributed by atoms with Crippen molar-refractivity contribution in [3.05, 3.63) is 95.5 Å². The van der Waals surface area contributed by atoms with Crippen LogP contribution in [-0.4, -0.2) is 66.0 Å². The zero-order valence-corrected chi connectivity index (χ0v) is 24.9. The zero-order valence-electron chi connectivity index (χ0n) is 35.1. The lowest BCUT2D eigenvalue weighted by Gasteiger charge is -2.42. The second-order valence-electron chi connectivity index (χ2n) is 10.5. The Balaban J connectivity index is 2.43. The number of carbonyl (C=O) groups is 1. The van der Waals surface area contributed by atoms with Crippen LogP contribution in [0.25, 0.3) is 0 Å². The number of ether oxygens (including phenoxy) is 1. The van der Waals surface area contributed by atoms with E-state index in [9.17, 15) is 32.6 Å². The van der Waals surface area contributed by atoms with E-state index >= 15 is 0 Å². The maximum atomic E-state index is 14.8. The van der Waals surface area contributed by atoms with Crippen LogP contribution in [0.3, 0.4) is 0 Å². The number of benzene rings is 3. The van der Waals surface area contributed by atoms with E-state index in [4.69, 9.17) is 14.4 Å². The van der Waals surface area contributed by atoms with Gasteiger partial charge in [0.15, 0.2) is 11.6 Å². The van der Waals surface area contributed by atoms with Crippen molar-refractivity contribution in [2.24, 2.45) is 5.92 Å². The summed E-state index contributed by atoms with van der Waals surface area (Å²) in [6.07, 6.45) is -10.2. The summed E-state index contributed by atoms with van der Waals surface area (Å²) in [7, 11) is -6.11. The van der Waals surface area contributed by atoms with Crippen molar-refractivity contribution in [3.8, 4) is 5.75 Å². The number of nitrogens with zero attached hydrogens (tertiary/aromatic N) is 2. The Kier molecular flexibility index (Phi) is 7.05. The molecule has 0 aliphatic heterocycles. The van der Waals surface area contributed by atoms with E-state index in [1.54, 1.807) is 30.3 Å². The number of hydrogen-bond acceptors (Lipinski definition) is 5. The molecule has 0 fully saturated rings. The van der Waals surface area contributed by atoms with Gasteiger partial charge in [-0.05, 0) is 74.4 Å². The molecule has 0 spiro atoms. The van der Waals surface area contributed by atoms with Crippen LogP contribution in [0, 0.1) is 17.6 Å². The highest BCUT2D eigenvalue weighted by Crippen LogP contribution is 2.27. The van der Waals surface area contributed by atoms with Gasteiger partial charge >= 0.3 is 6.09 Å². The molecule has 3 aromatic carbocycles. The number of sulfonamides is 1. The molecule has 3 aromatic rings. The smallest absolute Gasteiger partial charge is 0.408 e. The molecule has 1 amide bonds. The molecule has 1 unspecified atom stereocenters. The van der Waals surface area contributed by atoms with Crippen LogP contribution in [0.5, 0.6) is 5.75 Å². The molecule has 3 atom stereocenters. The molecule has 234 valence electrons. The summed E-state index contributed by atoms with van der Waals surface area (Å²) in [5.74, 6) is -5.46. The van der Waals surface area contributed by atoms with Gasteiger partial charge in [-0.2, -0.15) is 4.31 Å². The molecule has 2 N–H and O–H groups in total. The first-order valence-electron chi connectivity index (χ1n) is 18.4. The van der Waals surface area contributed by atoms with Crippen LogP contribution in [0.2, 0.25) is 0 Å². The fourth-order valence-electron chi connectivity index (χ4n) is 3.63. The first-order chi connectivity index (χ1) is 24.6. The SMILES string of the molecule is [2H]O[C@]([2H])(C([2H])([2H])N(C([2H])C(C)C)S(=O)(=O)c1c([2H])c([2H])c(F)c(F)c1[2H])[C@@]([2H])(N(C(=O)O)C(C)(C)C)C([2H])([2H])c1ccc(OCc2ccccc2)cc1. The second kappa shape index (κ2) is 14.3. The Morgan fingerprint density at radius 3 is 2.28 bits per heavy atom. The second-order valence-corrected chi connectivity index (χ2v) is 12.3. The van der Waals surface area contributed by atoms with Crippen LogP contribution < -0.4 is 4.74 Å². The minimum Gasteiger partial charge on any atom is -0.489 e. The standard InChI is InChI=1S/C32H40F2N2O6S/c1-22(2)19-35(43(40,41)26-15-16-27(33)28(34)18-26)20-30(37)29(36(31(38)39)32(3,4)5)17-23-11-13-25(14-12-23)42-21-24-9-7-6-8-10-24/h6-16,18,22,29-30,37H,17,19-21H2,1-5H3,(H,38,39)/t29-,30+/m0/s1/i15D,16D,17D2,18D,19D,20D2,29D,30D,37D/t19?,29-,30+. The molecule has 0 saturated carbocycles. The zero-order chi connectivity index (χ0) is 41.6. The van der Waals surface area contributed by atoms with E-state index in [1.165, 1.54) is 26.0 Å². The summed E-state index contributed by atoms with van der Waals surface area (Å²) in [4.78, 5) is 11.2. The molecule has 0 bridgehead atoms. The molecule has 8 nitrogen and oxygen atoms in total. The van der Waals surface area contributed by atoms with Gasteiger partial charge < -0.3 is 15.0 Å². The quantitative estimate of drug-likeness (QED) is 0.229. The van der Waals surface area contributed by atoms with E-state index in [2.05, 4.69) is 5.11 Å². The summed E-state index contributed by atoms with van der Waals surface area (Å²) in [5.41, 5.74) is -1.79.